The fourth-order valence-corrected chi connectivity index (χ4v) is 4.39. The summed E-state index contributed by atoms with van der Waals surface area (Å²) in [4.78, 5) is 13.9. The van der Waals surface area contributed by atoms with E-state index >= 15 is 0 Å². The highest BCUT2D eigenvalue weighted by atomic mass is 35.5. The Bertz CT molecular complexity index is 544. The largest absolute Gasteiger partial charge is 0.324 e. The highest BCUT2D eigenvalue weighted by molar-refractivity contribution is 6.31. The zero-order valence-corrected chi connectivity index (χ0v) is 14.1. The predicted molar refractivity (Wildman–Crippen MR) is 90.5 cm³/mol. The van der Waals surface area contributed by atoms with Gasteiger partial charge in [0.2, 0.25) is 0 Å². The highest BCUT2D eigenvalue weighted by Gasteiger charge is 2.37. The minimum absolute atomic E-state index is 0.117. The van der Waals surface area contributed by atoms with Crippen molar-refractivity contribution in [2.24, 2.45) is 5.92 Å². The summed E-state index contributed by atoms with van der Waals surface area (Å²) in [5.41, 5.74) is 1.90. The van der Waals surface area contributed by atoms with Crippen molar-refractivity contribution >= 4 is 23.2 Å². The minimum atomic E-state index is 0.117. The molecular weight excluding hydrogens is 296 g/mol. The van der Waals surface area contributed by atoms with Crippen LogP contribution >= 0.6 is 11.6 Å². The van der Waals surface area contributed by atoms with Crippen LogP contribution < -0.4 is 10.2 Å². The van der Waals surface area contributed by atoms with E-state index < -0.39 is 0 Å². The number of likely N-dealkylation sites (tertiary alicyclic amines) is 1. The van der Waals surface area contributed by atoms with Crippen LogP contribution in [-0.2, 0) is 4.79 Å². The maximum atomic E-state index is 12.4. The third-order valence-corrected chi connectivity index (χ3v) is 5.60. The number of halogens is 1. The smallest absolute Gasteiger partial charge is 0.279 e. The quantitative estimate of drug-likeness (QED) is 0.882. The zero-order chi connectivity index (χ0) is 15.5. The standard InChI is InChI=1S/C18H25ClN2O/c1-13-8-9-15(19)11-16(13)20-18(22)12-21-10-4-6-14-5-2-3-7-17(14)21/h8-9,11,14,17H,2-7,10,12H2,1H3,(H,20,22)/p+1/t14-,17-/m0/s1. The summed E-state index contributed by atoms with van der Waals surface area (Å²) in [6.07, 6.45) is 8.00. The van der Waals surface area contributed by atoms with E-state index in [1.807, 2.05) is 25.1 Å². The van der Waals surface area contributed by atoms with Gasteiger partial charge in [0.25, 0.3) is 5.91 Å². The van der Waals surface area contributed by atoms with Gasteiger partial charge in [-0.05, 0) is 56.7 Å². The minimum Gasteiger partial charge on any atom is -0.324 e. The van der Waals surface area contributed by atoms with E-state index in [-0.39, 0.29) is 5.91 Å². The SMILES string of the molecule is Cc1ccc(Cl)cc1NC(=O)C[NH+]1CCC[C@@H]2CCCC[C@@H]21. The Morgan fingerprint density at radius 3 is 2.91 bits per heavy atom. The van der Waals surface area contributed by atoms with E-state index in [9.17, 15) is 4.79 Å². The lowest BCUT2D eigenvalue weighted by Gasteiger charge is -2.40. The number of carbonyl (C=O) groups excluding carboxylic acids is 1. The van der Waals surface area contributed by atoms with Crippen molar-refractivity contribution in [1.29, 1.82) is 0 Å². The Hall–Kier alpha value is -1.06. The second-order valence-corrected chi connectivity index (χ2v) is 7.32. The van der Waals surface area contributed by atoms with Crippen LogP contribution in [0.1, 0.15) is 44.1 Å². The van der Waals surface area contributed by atoms with Gasteiger partial charge in [0, 0.05) is 16.6 Å². The number of piperidine rings is 1. The van der Waals surface area contributed by atoms with Gasteiger partial charge >= 0.3 is 0 Å². The molecule has 1 saturated heterocycles. The van der Waals surface area contributed by atoms with Crippen molar-refractivity contribution in [1.82, 2.24) is 0 Å². The predicted octanol–water partition coefficient (Wildman–Crippen LogP) is 2.82. The van der Waals surface area contributed by atoms with E-state index in [0.29, 0.717) is 17.6 Å². The molecule has 1 aliphatic carbocycles. The van der Waals surface area contributed by atoms with Crippen molar-refractivity contribution in [3.63, 3.8) is 0 Å². The molecule has 0 aromatic heterocycles. The summed E-state index contributed by atoms with van der Waals surface area (Å²) in [7, 11) is 0. The van der Waals surface area contributed by atoms with E-state index in [2.05, 4.69) is 5.32 Å². The number of carbonyl (C=O) groups is 1. The molecule has 22 heavy (non-hydrogen) atoms. The van der Waals surface area contributed by atoms with Gasteiger partial charge in [0.05, 0.1) is 12.6 Å². The first-order chi connectivity index (χ1) is 10.6. The fraction of sp³-hybridized carbons (Fsp3) is 0.611. The maximum Gasteiger partial charge on any atom is 0.279 e. The van der Waals surface area contributed by atoms with Gasteiger partial charge in [-0.25, -0.2) is 0 Å². The lowest BCUT2D eigenvalue weighted by molar-refractivity contribution is -0.928. The maximum absolute atomic E-state index is 12.4. The molecule has 4 heteroatoms. The van der Waals surface area contributed by atoms with E-state index in [1.54, 1.807) is 0 Å². The number of rotatable bonds is 3. The molecule has 1 aromatic carbocycles. The molecule has 0 radical (unpaired) electrons. The van der Waals surface area contributed by atoms with Crippen molar-refractivity contribution in [3.8, 4) is 0 Å². The van der Waals surface area contributed by atoms with Gasteiger partial charge < -0.3 is 10.2 Å². The molecule has 1 saturated carbocycles. The molecule has 3 atom stereocenters. The van der Waals surface area contributed by atoms with Crippen LogP contribution in [0, 0.1) is 12.8 Å². The number of amides is 1. The first-order valence-electron chi connectivity index (χ1n) is 8.54. The van der Waals surface area contributed by atoms with Crippen LogP contribution in [0.3, 0.4) is 0 Å². The molecule has 2 fully saturated rings. The van der Waals surface area contributed by atoms with E-state index in [1.165, 1.54) is 43.4 Å². The molecular formula is C18H26ClN2O+. The number of aryl methyl sites for hydroxylation is 1. The van der Waals surface area contributed by atoms with Gasteiger partial charge in [-0.3, -0.25) is 4.79 Å². The van der Waals surface area contributed by atoms with Crippen LogP contribution in [0.15, 0.2) is 18.2 Å². The molecule has 0 spiro atoms. The lowest BCUT2D eigenvalue weighted by Crippen LogP contribution is -3.18. The summed E-state index contributed by atoms with van der Waals surface area (Å²) in [5.74, 6) is 0.963. The monoisotopic (exact) mass is 321 g/mol. The Morgan fingerprint density at radius 2 is 2.05 bits per heavy atom. The van der Waals surface area contributed by atoms with Gasteiger partial charge in [-0.1, -0.05) is 24.1 Å². The Labute approximate surface area is 138 Å². The normalized spacial score (nSPS) is 28.0. The van der Waals surface area contributed by atoms with Crippen molar-refractivity contribution in [2.75, 3.05) is 18.4 Å². The van der Waals surface area contributed by atoms with Crippen molar-refractivity contribution in [3.05, 3.63) is 28.8 Å². The molecule has 1 aromatic rings. The van der Waals surface area contributed by atoms with Crippen molar-refractivity contribution < 1.29 is 9.69 Å². The molecule has 1 aliphatic heterocycles. The summed E-state index contributed by atoms with van der Waals surface area (Å²) in [6, 6.07) is 6.34. The zero-order valence-electron chi connectivity index (χ0n) is 13.3. The Kier molecular flexibility index (Phi) is 5.04. The van der Waals surface area contributed by atoms with Crippen molar-refractivity contribution in [2.45, 2.75) is 51.5 Å². The van der Waals surface area contributed by atoms with Gasteiger partial charge in [0.1, 0.15) is 0 Å². The van der Waals surface area contributed by atoms with Gasteiger partial charge in [-0.15, -0.1) is 0 Å². The Balaban J connectivity index is 1.62. The number of hydrogen-bond donors (Lipinski definition) is 2. The molecule has 3 rings (SSSR count). The number of nitrogens with one attached hydrogen (secondary N) is 2. The molecule has 120 valence electrons. The molecule has 0 bridgehead atoms. The van der Waals surface area contributed by atoms with Crippen LogP contribution in [0.5, 0.6) is 0 Å². The van der Waals surface area contributed by atoms with Gasteiger partial charge in [0.15, 0.2) is 6.54 Å². The Morgan fingerprint density at radius 1 is 1.27 bits per heavy atom. The van der Waals surface area contributed by atoms with Crippen LogP contribution in [0.25, 0.3) is 0 Å². The molecule has 1 heterocycles. The molecule has 3 nitrogen and oxygen atoms in total. The topological polar surface area (TPSA) is 33.5 Å². The summed E-state index contributed by atoms with van der Waals surface area (Å²) in [5, 5.41) is 3.71. The molecule has 2 aliphatic rings. The second-order valence-electron chi connectivity index (χ2n) is 6.89. The average molecular weight is 322 g/mol. The molecule has 2 N–H and O–H groups in total. The van der Waals surface area contributed by atoms with Crippen LogP contribution in [-0.4, -0.2) is 25.0 Å². The number of quaternary nitrogens is 1. The van der Waals surface area contributed by atoms with Gasteiger partial charge in [-0.2, -0.15) is 0 Å². The van der Waals surface area contributed by atoms with E-state index in [4.69, 9.17) is 11.6 Å². The number of fused-ring (bicyclic) bond motifs is 1. The summed E-state index contributed by atoms with van der Waals surface area (Å²) >= 11 is 6.03. The summed E-state index contributed by atoms with van der Waals surface area (Å²) in [6.45, 7) is 3.73. The highest BCUT2D eigenvalue weighted by Crippen LogP contribution is 2.28. The van der Waals surface area contributed by atoms with E-state index in [0.717, 1.165) is 23.7 Å². The first kappa shape index (κ1) is 15.8. The molecule has 1 amide bonds. The number of benzene rings is 1. The van der Waals surface area contributed by atoms with Crippen LogP contribution in [0.2, 0.25) is 5.02 Å². The number of anilines is 1. The summed E-state index contributed by atoms with van der Waals surface area (Å²) < 4.78 is 0. The average Bonchev–Trinajstić information content (AvgIpc) is 2.51. The number of hydrogen-bond acceptors (Lipinski definition) is 1. The third-order valence-electron chi connectivity index (χ3n) is 5.37. The second kappa shape index (κ2) is 7.01. The molecule has 1 unspecified atom stereocenters. The fourth-order valence-electron chi connectivity index (χ4n) is 4.22. The first-order valence-corrected chi connectivity index (χ1v) is 8.92. The lowest BCUT2D eigenvalue weighted by atomic mass is 9.78. The van der Waals surface area contributed by atoms with Crippen LogP contribution in [0.4, 0.5) is 5.69 Å². The third kappa shape index (κ3) is 3.64.